The van der Waals surface area contributed by atoms with Crippen LogP contribution in [-0.4, -0.2) is 35.7 Å². The van der Waals surface area contributed by atoms with Gasteiger partial charge >= 0.3 is 0 Å². The molecule has 3 amide bonds. The maximum atomic E-state index is 12.8. The van der Waals surface area contributed by atoms with Crippen LogP contribution in [0.5, 0.6) is 11.5 Å². The van der Waals surface area contributed by atoms with Crippen LogP contribution in [0.1, 0.15) is 11.1 Å². The SMILES string of the molecule is COc1ccccc1NC(=O)COc1ccc(/C=C2\SC(=O)N(Cc3ccc(I)cc3)C2=O)cc1. The highest BCUT2D eigenvalue weighted by Crippen LogP contribution is 2.33. The highest BCUT2D eigenvalue weighted by Gasteiger charge is 2.34. The van der Waals surface area contributed by atoms with Crippen LogP contribution in [0, 0.1) is 3.57 Å². The highest BCUT2D eigenvalue weighted by molar-refractivity contribution is 14.1. The van der Waals surface area contributed by atoms with Crippen LogP contribution in [0.2, 0.25) is 0 Å². The molecule has 3 aromatic carbocycles. The molecule has 0 aliphatic carbocycles. The zero-order valence-electron chi connectivity index (χ0n) is 18.7. The molecular formula is C26H21IN2O5S. The molecule has 9 heteroatoms. The van der Waals surface area contributed by atoms with Crippen molar-refractivity contribution in [3.8, 4) is 11.5 Å². The van der Waals surface area contributed by atoms with Gasteiger partial charge in [-0.2, -0.15) is 0 Å². The number of amides is 3. The second-order valence-electron chi connectivity index (χ2n) is 7.50. The van der Waals surface area contributed by atoms with Crippen LogP contribution >= 0.6 is 34.4 Å². The van der Waals surface area contributed by atoms with Gasteiger partial charge in [0, 0.05) is 3.57 Å². The third-order valence-electron chi connectivity index (χ3n) is 5.06. The minimum absolute atomic E-state index is 0.172. The Bertz CT molecular complexity index is 1280. The van der Waals surface area contributed by atoms with Gasteiger partial charge in [0.25, 0.3) is 17.1 Å². The molecule has 0 aromatic heterocycles. The number of para-hydroxylation sites is 2. The molecule has 0 saturated carbocycles. The summed E-state index contributed by atoms with van der Waals surface area (Å²) < 4.78 is 11.9. The normalized spacial score (nSPS) is 14.3. The first kappa shape index (κ1) is 24.8. The number of imide groups is 1. The van der Waals surface area contributed by atoms with E-state index in [1.807, 2.05) is 30.3 Å². The summed E-state index contributed by atoms with van der Waals surface area (Å²) in [4.78, 5) is 39.0. The predicted octanol–water partition coefficient (Wildman–Crippen LogP) is 5.55. The number of rotatable bonds is 8. The number of ether oxygens (including phenoxy) is 2. The van der Waals surface area contributed by atoms with Gasteiger partial charge in [-0.25, -0.2) is 0 Å². The molecule has 178 valence electrons. The number of halogens is 1. The molecule has 3 aromatic rings. The minimum Gasteiger partial charge on any atom is -0.495 e. The maximum Gasteiger partial charge on any atom is 0.293 e. The van der Waals surface area contributed by atoms with Gasteiger partial charge in [0.1, 0.15) is 11.5 Å². The lowest BCUT2D eigenvalue weighted by molar-refractivity contribution is -0.123. The summed E-state index contributed by atoms with van der Waals surface area (Å²) in [6.45, 7) is 0.0669. The standard InChI is InChI=1S/C26H21IN2O5S/c1-33-22-5-3-2-4-21(22)28-24(30)16-34-20-12-8-17(9-13-20)14-23-25(31)29(26(32)35-23)15-18-6-10-19(27)11-7-18/h2-14H,15-16H2,1H3,(H,28,30)/b23-14-. The molecule has 0 spiro atoms. The third kappa shape index (κ3) is 6.43. The van der Waals surface area contributed by atoms with Crippen LogP contribution in [0.4, 0.5) is 10.5 Å². The van der Waals surface area contributed by atoms with E-state index in [9.17, 15) is 14.4 Å². The van der Waals surface area contributed by atoms with Gasteiger partial charge in [-0.3, -0.25) is 19.3 Å². The van der Waals surface area contributed by atoms with Crippen molar-refractivity contribution in [3.63, 3.8) is 0 Å². The molecule has 1 saturated heterocycles. The van der Waals surface area contributed by atoms with E-state index < -0.39 is 0 Å². The predicted molar refractivity (Wildman–Crippen MR) is 144 cm³/mol. The summed E-state index contributed by atoms with van der Waals surface area (Å²) in [7, 11) is 1.53. The average Bonchev–Trinajstić information content (AvgIpc) is 3.12. The first-order chi connectivity index (χ1) is 16.9. The molecule has 0 unspecified atom stereocenters. The fourth-order valence-corrected chi connectivity index (χ4v) is 4.50. The summed E-state index contributed by atoms with van der Waals surface area (Å²) in [6.07, 6.45) is 1.68. The number of benzene rings is 3. The van der Waals surface area contributed by atoms with Crippen molar-refractivity contribution in [3.05, 3.63) is 92.4 Å². The molecule has 1 fully saturated rings. The lowest BCUT2D eigenvalue weighted by atomic mass is 10.2. The minimum atomic E-state index is -0.319. The van der Waals surface area contributed by atoms with Crippen molar-refractivity contribution in [2.45, 2.75) is 6.54 Å². The van der Waals surface area contributed by atoms with Crippen molar-refractivity contribution < 1.29 is 23.9 Å². The molecule has 4 rings (SSSR count). The van der Waals surface area contributed by atoms with Crippen LogP contribution in [0.15, 0.2) is 77.7 Å². The number of nitrogens with one attached hydrogen (secondary N) is 1. The van der Waals surface area contributed by atoms with Gasteiger partial charge in [0.05, 0.1) is 24.2 Å². The summed E-state index contributed by atoms with van der Waals surface area (Å²) >= 11 is 3.13. The Labute approximate surface area is 220 Å². The third-order valence-corrected chi connectivity index (χ3v) is 6.68. The lowest BCUT2D eigenvalue weighted by Crippen LogP contribution is -2.27. The van der Waals surface area contributed by atoms with Gasteiger partial charge < -0.3 is 14.8 Å². The molecule has 35 heavy (non-hydrogen) atoms. The number of thioether (sulfide) groups is 1. The van der Waals surface area contributed by atoms with E-state index in [0.29, 0.717) is 22.1 Å². The van der Waals surface area contributed by atoms with E-state index in [1.54, 1.807) is 48.5 Å². The van der Waals surface area contributed by atoms with Crippen molar-refractivity contribution in [1.82, 2.24) is 4.90 Å². The molecule has 1 aliphatic rings. The Morgan fingerprint density at radius 3 is 2.46 bits per heavy atom. The largest absolute Gasteiger partial charge is 0.495 e. The Hall–Kier alpha value is -3.31. The second-order valence-corrected chi connectivity index (χ2v) is 9.74. The van der Waals surface area contributed by atoms with E-state index in [1.165, 1.54) is 12.0 Å². The number of carbonyl (C=O) groups is 3. The van der Waals surface area contributed by atoms with Crippen LogP contribution < -0.4 is 14.8 Å². The summed E-state index contributed by atoms with van der Waals surface area (Å²) in [5, 5.41) is 2.46. The zero-order valence-corrected chi connectivity index (χ0v) is 21.7. The summed E-state index contributed by atoms with van der Waals surface area (Å²) in [5.74, 6) is 0.435. The van der Waals surface area contributed by atoms with Crippen molar-refractivity contribution in [2.24, 2.45) is 0 Å². The zero-order chi connectivity index (χ0) is 24.8. The molecule has 0 atom stereocenters. The highest BCUT2D eigenvalue weighted by atomic mass is 127. The Morgan fingerprint density at radius 1 is 1.03 bits per heavy atom. The molecule has 7 nitrogen and oxygen atoms in total. The number of hydrogen-bond donors (Lipinski definition) is 1. The van der Waals surface area contributed by atoms with Crippen LogP contribution in [-0.2, 0) is 16.1 Å². The van der Waals surface area contributed by atoms with Crippen LogP contribution in [0.3, 0.4) is 0 Å². The monoisotopic (exact) mass is 600 g/mol. The Morgan fingerprint density at radius 2 is 1.74 bits per heavy atom. The van der Waals surface area contributed by atoms with E-state index in [4.69, 9.17) is 9.47 Å². The molecule has 1 N–H and O–H groups in total. The molecule has 0 radical (unpaired) electrons. The van der Waals surface area contributed by atoms with E-state index >= 15 is 0 Å². The van der Waals surface area contributed by atoms with Crippen molar-refractivity contribution in [1.29, 1.82) is 0 Å². The number of carbonyl (C=O) groups excluding carboxylic acids is 3. The van der Waals surface area contributed by atoms with Gasteiger partial charge in [-0.05, 0) is 88.0 Å². The van der Waals surface area contributed by atoms with Crippen molar-refractivity contribution in [2.75, 3.05) is 19.0 Å². The second kappa shape index (κ2) is 11.4. The van der Waals surface area contributed by atoms with Gasteiger partial charge in [0.2, 0.25) is 0 Å². The van der Waals surface area contributed by atoms with E-state index in [-0.39, 0.29) is 30.2 Å². The topological polar surface area (TPSA) is 84.9 Å². The first-order valence-corrected chi connectivity index (χ1v) is 12.5. The maximum absolute atomic E-state index is 12.8. The van der Waals surface area contributed by atoms with Gasteiger partial charge in [-0.15, -0.1) is 0 Å². The molecule has 1 heterocycles. The lowest BCUT2D eigenvalue weighted by Gasteiger charge is -2.12. The molecule has 0 bridgehead atoms. The quantitative estimate of drug-likeness (QED) is 0.270. The van der Waals surface area contributed by atoms with E-state index in [2.05, 4.69) is 27.9 Å². The smallest absolute Gasteiger partial charge is 0.293 e. The first-order valence-electron chi connectivity index (χ1n) is 10.6. The fourth-order valence-electron chi connectivity index (χ4n) is 3.30. The number of nitrogens with zero attached hydrogens (tertiary/aromatic N) is 1. The van der Waals surface area contributed by atoms with Gasteiger partial charge in [-0.1, -0.05) is 36.4 Å². The van der Waals surface area contributed by atoms with Crippen LogP contribution in [0.25, 0.3) is 6.08 Å². The number of hydrogen-bond acceptors (Lipinski definition) is 6. The number of anilines is 1. The summed E-state index contributed by atoms with van der Waals surface area (Å²) in [5.41, 5.74) is 2.20. The van der Waals surface area contributed by atoms with Crippen molar-refractivity contribution >= 4 is 63.2 Å². The average molecular weight is 600 g/mol. The van der Waals surface area contributed by atoms with E-state index in [0.717, 1.165) is 26.5 Å². The fraction of sp³-hybridized carbons (Fsp3) is 0.115. The summed E-state index contributed by atoms with van der Waals surface area (Å²) in [6, 6.07) is 21.8. The Balaban J connectivity index is 1.34. The molecular weight excluding hydrogens is 579 g/mol. The Kier molecular flexibility index (Phi) is 8.09. The number of methoxy groups -OCH3 is 1. The molecule has 1 aliphatic heterocycles. The van der Waals surface area contributed by atoms with Gasteiger partial charge in [0.15, 0.2) is 6.61 Å².